The van der Waals surface area contributed by atoms with Gasteiger partial charge in [-0.25, -0.2) is 19.3 Å². The highest BCUT2D eigenvalue weighted by Crippen LogP contribution is 2.20. The number of carbonyl (C=O) groups excluding carboxylic acids is 2. The fourth-order valence-corrected chi connectivity index (χ4v) is 3.35. The number of carbonyl (C=O) groups is 2. The van der Waals surface area contributed by atoms with E-state index >= 15 is 0 Å². The number of nitrogens with zero attached hydrogens (tertiary/aromatic N) is 6. The first-order valence-electron chi connectivity index (χ1n) is 10.6. The molecule has 0 fully saturated rings. The number of hydrogen-bond donors (Lipinski definition) is 2. The number of aromatic nitrogens is 6. The van der Waals surface area contributed by atoms with E-state index in [0.717, 1.165) is 0 Å². The normalized spacial score (nSPS) is 11.7. The van der Waals surface area contributed by atoms with E-state index in [2.05, 4.69) is 30.8 Å². The van der Waals surface area contributed by atoms with Crippen LogP contribution < -0.4 is 10.6 Å². The lowest BCUT2D eigenvalue weighted by molar-refractivity contribution is -0.118. The van der Waals surface area contributed by atoms with Crippen LogP contribution in [-0.4, -0.2) is 41.3 Å². The number of hydrogen-bond acceptors (Lipinski definition) is 6. The zero-order chi connectivity index (χ0) is 23.0. The summed E-state index contributed by atoms with van der Waals surface area (Å²) >= 11 is 0. The molecule has 0 aromatic carbocycles. The van der Waals surface area contributed by atoms with Crippen LogP contribution in [0.1, 0.15) is 26.2 Å². The van der Waals surface area contributed by atoms with Crippen LogP contribution in [0.4, 0.5) is 11.4 Å². The highest BCUT2D eigenvalue weighted by atomic mass is 16.2. The van der Waals surface area contributed by atoms with E-state index in [1.54, 1.807) is 82.9 Å². The number of rotatable bonds is 9. The molecule has 4 aromatic heterocycles. The van der Waals surface area contributed by atoms with Gasteiger partial charge in [0, 0.05) is 50.0 Å². The van der Waals surface area contributed by atoms with Gasteiger partial charge in [-0.3, -0.25) is 9.59 Å². The van der Waals surface area contributed by atoms with Crippen LogP contribution in [0.5, 0.6) is 0 Å². The number of nitrogens with one attached hydrogen (secondary N) is 2. The Balaban J connectivity index is 1.29. The third kappa shape index (κ3) is 5.67. The fourth-order valence-electron chi connectivity index (χ4n) is 3.35. The van der Waals surface area contributed by atoms with E-state index in [0.29, 0.717) is 29.4 Å². The van der Waals surface area contributed by atoms with Crippen molar-refractivity contribution in [1.82, 2.24) is 29.5 Å². The van der Waals surface area contributed by atoms with Gasteiger partial charge in [0.25, 0.3) is 0 Å². The lowest BCUT2D eigenvalue weighted by Crippen LogP contribution is -2.19. The molecule has 0 radical (unpaired) electrons. The molecule has 0 saturated carbocycles. The van der Waals surface area contributed by atoms with E-state index in [4.69, 9.17) is 0 Å². The Bertz CT molecular complexity index is 1200. The van der Waals surface area contributed by atoms with Crippen molar-refractivity contribution in [3.05, 3.63) is 73.6 Å². The van der Waals surface area contributed by atoms with E-state index in [1.807, 2.05) is 6.92 Å². The Morgan fingerprint density at radius 3 is 1.88 bits per heavy atom. The van der Waals surface area contributed by atoms with Crippen LogP contribution in [-0.2, 0) is 9.59 Å². The van der Waals surface area contributed by atoms with Gasteiger partial charge in [-0.1, -0.05) is 6.92 Å². The standard InChI is InChI=1S/C23H24N8O2/c1-17(16-21(33)29-19-7-3-11-25-23(19)31-15-5-13-27-31)8-9-20(32)28-18-6-2-10-24-22(18)30-14-4-12-26-30/h2-7,10-15,17H,8-9,16H2,1H3,(H,28,32)(H,29,33). The topological polar surface area (TPSA) is 120 Å². The molecule has 2 N–H and O–H groups in total. The highest BCUT2D eigenvalue weighted by Gasteiger charge is 2.15. The first kappa shape index (κ1) is 21.9. The SMILES string of the molecule is CC(CCC(=O)Nc1cccnc1-n1cccn1)CC(=O)Nc1cccnc1-n1cccn1. The first-order valence-corrected chi connectivity index (χ1v) is 10.6. The van der Waals surface area contributed by atoms with Crippen LogP contribution in [0.2, 0.25) is 0 Å². The van der Waals surface area contributed by atoms with E-state index < -0.39 is 0 Å². The lowest BCUT2D eigenvalue weighted by atomic mass is 10.0. The molecular weight excluding hydrogens is 420 g/mol. The Hall–Kier alpha value is -4.34. The maximum Gasteiger partial charge on any atom is 0.224 e. The molecule has 0 bridgehead atoms. The smallest absolute Gasteiger partial charge is 0.224 e. The second kappa shape index (κ2) is 10.3. The number of amides is 2. The summed E-state index contributed by atoms with van der Waals surface area (Å²) in [5, 5.41) is 14.1. The summed E-state index contributed by atoms with van der Waals surface area (Å²) in [5.74, 6) is 0.828. The molecule has 168 valence electrons. The molecule has 10 heteroatoms. The molecule has 4 rings (SSSR count). The minimum Gasteiger partial charge on any atom is -0.323 e. The molecule has 1 unspecified atom stereocenters. The van der Waals surface area contributed by atoms with Crippen molar-refractivity contribution in [2.24, 2.45) is 5.92 Å². The molecule has 1 atom stereocenters. The van der Waals surface area contributed by atoms with Gasteiger partial charge in [-0.2, -0.15) is 10.2 Å². The largest absolute Gasteiger partial charge is 0.323 e. The number of pyridine rings is 2. The third-order valence-electron chi connectivity index (χ3n) is 4.96. The Labute approximate surface area is 190 Å². The van der Waals surface area contributed by atoms with Gasteiger partial charge < -0.3 is 10.6 Å². The minimum absolute atomic E-state index is 0.0139. The van der Waals surface area contributed by atoms with Crippen LogP contribution in [0.15, 0.2) is 73.6 Å². The molecule has 0 aliphatic carbocycles. The summed E-state index contributed by atoms with van der Waals surface area (Å²) in [5.41, 5.74) is 1.16. The van der Waals surface area contributed by atoms with Crippen molar-refractivity contribution in [1.29, 1.82) is 0 Å². The molecule has 0 aliphatic heterocycles. The van der Waals surface area contributed by atoms with Crippen molar-refractivity contribution in [3.63, 3.8) is 0 Å². The van der Waals surface area contributed by atoms with Crippen LogP contribution >= 0.6 is 0 Å². The molecule has 0 aliphatic rings. The van der Waals surface area contributed by atoms with Gasteiger partial charge in [-0.15, -0.1) is 0 Å². The zero-order valence-electron chi connectivity index (χ0n) is 18.1. The van der Waals surface area contributed by atoms with Gasteiger partial charge in [0.1, 0.15) is 0 Å². The highest BCUT2D eigenvalue weighted by molar-refractivity contribution is 5.93. The van der Waals surface area contributed by atoms with Crippen molar-refractivity contribution in [2.45, 2.75) is 26.2 Å². The summed E-state index contributed by atoms with van der Waals surface area (Å²) in [6.07, 6.45) is 11.3. The summed E-state index contributed by atoms with van der Waals surface area (Å²) in [7, 11) is 0. The van der Waals surface area contributed by atoms with E-state index in [-0.39, 0.29) is 30.6 Å². The van der Waals surface area contributed by atoms with E-state index in [1.165, 1.54) is 0 Å². The van der Waals surface area contributed by atoms with Crippen molar-refractivity contribution in [2.75, 3.05) is 10.6 Å². The van der Waals surface area contributed by atoms with Gasteiger partial charge in [0.15, 0.2) is 11.6 Å². The second-order valence-corrected chi connectivity index (χ2v) is 7.59. The zero-order valence-corrected chi connectivity index (χ0v) is 18.1. The molecule has 2 amide bonds. The Morgan fingerprint density at radius 1 is 0.818 bits per heavy atom. The van der Waals surface area contributed by atoms with Crippen molar-refractivity contribution < 1.29 is 9.59 Å². The summed E-state index contributed by atoms with van der Waals surface area (Å²) in [6.45, 7) is 1.95. The van der Waals surface area contributed by atoms with Gasteiger partial charge in [0.2, 0.25) is 11.8 Å². The lowest BCUT2D eigenvalue weighted by Gasteiger charge is -2.14. The Morgan fingerprint density at radius 2 is 1.36 bits per heavy atom. The predicted octanol–water partition coefficient (Wildman–Crippen LogP) is 3.23. The molecule has 33 heavy (non-hydrogen) atoms. The fraction of sp³-hybridized carbons (Fsp3) is 0.217. The molecule has 10 nitrogen and oxygen atoms in total. The average molecular weight is 444 g/mol. The molecule has 0 spiro atoms. The van der Waals surface area contributed by atoms with Crippen LogP contribution in [0.3, 0.4) is 0 Å². The monoisotopic (exact) mass is 444 g/mol. The van der Waals surface area contributed by atoms with Gasteiger partial charge in [-0.05, 0) is 48.7 Å². The second-order valence-electron chi connectivity index (χ2n) is 7.59. The summed E-state index contributed by atoms with van der Waals surface area (Å²) in [4.78, 5) is 33.7. The summed E-state index contributed by atoms with van der Waals surface area (Å²) < 4.78 is 3.19. The average Bonchev–Trinajstić information content (AvgIpc) is 3.53. The van der Waals surface area contributed by atoms with Crippen LogP contribution in [0.25, 0.3) is 11.6 Å². The molecule has 4 aromatic rings. The quantitative estimate of drug-likeness (QED) is 0.409. The third-order valence-corrected chi connectivity index (χ3v) is 4.96. The number of anilines is 2. The maximum atomic E-state index is 12.6. The molecular formula is C23H24N8O2. The van der Waals surface area contributed by atoms with Crippen molar-refractivity contribution >= 4 is 23.2 Å². The maximum absolute atomic E-state index is 12.6. The van der Waals surface area contributed by atoms with Crippen molar-refractivity contribution in [3.8, 4) is 11.6 Å². The van der Waals surface area contributed by atoms with E-state index in [9.17, 15) is 9.59 Å². The molecule has 0 saturated heterocycles. The predicted molar refractivity (Wildman–Crippen MR) is 123 cm³/mol. The minimum atomic E-state index is -0.142. The Kier molecular flexibility index (Phi) is 6.84. The van der Waals surface area contributed by atoms with Gasteiger partial charge >= 0.3 is 0 Å². The van der Waals surface area contributed by atoms with Crippen LogP contribution in [0, 0.1) is 5.92 Å². The summed E-state index contributed by atoms with van der Waals surface area (Å²) in [6, 6.07) is 10.7. The van der Waals surface area contributed by atoms with Gasteiger partial charge in [0.05, 0.1) is 11.4 Å². The molecule has 4 heterocycles. The first-order chi connectivity index (χ1) is 16.1.